The number of benzene rings is 2. The number of carbonyl (C=O) groups excluding carboxylic acids is 2. The highest BCUT2D eigenvalue weighted by Gasteiger charge is 2.45. The van der Waals surface area contributed by atoms with Crippen LogP contribution in [-0.4, -0.2) is 59.4 Å². The summed E-state index contributed by atoms with van der Waals surface area (Å²) < 4.78 is 19.0. The molecular formula is C30H39FN2O4. The molecule has 0 spiro atoms. The molecule has 2 aromatic carbocycles. The van der Waals surface area contributed by atoms with Crippen LogP contribution in [0.25, 0.3) is 5.76 Å². The molecule has 1 saturated heterocycles. The number of ketones is 1. The Bertz CT molecular complexity index is 1060. The van der Waals surface area contributed by atoms with Gasteiger partial charge in [-0.05, 0) is 87.8 Å². The Hall–Kier alpha value is -3.19. The van der Waals surface area contributed by atoms with Crippen LogP contribution in [0.15, 0.2) is 54.1 Å². The summed E-state index contributed by atoms with van der Waals surface area (Å²) in [6.45, 7) is 10.0. The van der Waals surface area contributed by atoms with E-state index < -0.39 is 23.5 Å². The lowest BCUT2D eigenvalue weighted by molar-refractivity contribution is -0.140. The quantitative estimate of drug-likeness (QED) is 0.194. The van der Waals surface area contributed by atoms with E-state index in [1.54, 1.807) is 17.0 Å². The zero-order valence-electron chi connectivity index (χ0n) is 22.2. The van der Waals surface area contributed by atoms with Gasteiger partial charge in [-0.25, -0.2) is 4.39 Å². The van der Waals surface area contributed by atoms with Crippen LogP contribution in [0.4, 0.5) is 4.39 Å². The predicted molar refractivity (Wildman–Crippen MR) is 144 cm³/mol. The van der Waals surface area contributed by atoms with Crippen molar-refractivity contribution >= 4 is 17.4 Å². The SMILES string of the molecule is CCCCN(CCCC)CCCN1C(=O)C(=O)/C(=C(\O)c2ccc(F)cc2)C1c1ccc(OCC)cc1. The maximum atomic E-state index is 13.5. The topological polar surface area (TPSA) is 70.1 Å². The van der Waals surface area contributed by atoms with E-state index in [0.717, 1.165) is 45.3 Å². The molecule has 0 aromatic heterocycles. The van der Waals surface area contributed by atoms with Crippen molar-refractivity contribution in [2.45, 2.75) is 58.9 Å². The predicted octanol–water partition coefficient (Wildman–Crippen LogP) is 5.94. The lowest BCUT2D eigenvalue weighted by Gasteiger charge is -2.27. The number of aliphatic hydroxyl groups is 1. The number of rotatable bonds is 14. The van der Waals surface area contributed by atoms with Crippen LogP contribution in [0, 0.1) is 5.82 Å². The van der Waals surface area contributed by atoms with Gasteiger partial charge in [0.2, 0.25) is 0 Å². The van der Waals surface area contributed by atoms with E-state index >= 15 is 0 Å². The molecule has 0 aliphatic carbocycles. The number of ether oxygens (including phenoxy) is 1. The molecule has 1 N–H and O–H groups in total. The summed E-state index contributed by atoms with van der Waals surface area (Å²) in [7, 11) is 0. The normalized spacial score (nSPS) is 17.1. The number of carbonyl (C=O) groups is 2. The summed E-state index contributed by atoms with van der Waals surface area (Å²) in [5.74, 6) is -1.42. The van der Waals surface area contributed by atoms with Gasteiger partial charge in [0.15, 0.2) is 0 Å². The lowest BCUT2D eigenvalue weighted by atomic mass is 9.95. The van der Waals surface area contributed by atoms with E-state index in [0.29, 0.717) is 36.4 Å². The van der Waals surface area contributed by atoms with Crippen molar-refractivity contribution in [3.05, 3.63) is 71.0 Å². The third-order valence-corrected chi connectivity index (χ3v) is 6.69. The highest BCUT2D eigenvalue weighted by molar-refractivity contribution is 6.46. The number of amides is 1. The van der Waals surface area contributed by atoms with E-state index in [2.05, 4.69) is 18.7 Å². The average molecular weight is 511 g/mol. The number of Topliss-reactive ketones (excluding diaryl/α,β-unsaturated/α-hetero) is 1. The number of hydrogen-bond acceptors (Lipinski definition) is 5. The van der Waals surface area contributed by atoms with E-state index in [-0.39, 0.29) is 11.3 Å². The summed E-state index contributed by atoms with van der Waals surface area (Å²) in [5, 5.41) is 11.1. The zero-order valence-corrected chi connectivity index (χ0v) is 22.2. The minimum absolute atomic E-state index is 0.0228. The molecule has 0 saturated carbocycles. The maximum Gasteiger partial charge on any atom is 0.295 e. The van der Waals surface area contributed by atoms with Crippen LogP contribution in [0.5, 0.6) is 5.75 Å². The molecule has 37 heavy (non-hydrogen) atoms. The highest BCUT2D eigenvalue weighted by Crippen LogP contribution is 2.40. The third kappa shape index (κ3) is 7.19. The number of likely N-dealkylation sites (tertiary alicyclic amines) is 1. The van der Waals surface area contributed by atoms with Gasteiger partial charge >= 0.3 is 0 Å². The fourth-order valence-electron chi connectivity index (χ4n) is 4.70. The van der Waals surface area contributed by atoms with Crippen molar-refractivity contribution in [3.8, 4) is 5.75 Å². The molecule has 2 aromatic rings. The molecule has 200 valence electrons. The van der Waals surface area contributed by atoms with Gasteiger partial charge in [-0.15, -0.1) is 0 Å². The highest BCUT2D eigenvalue weighted by atomic mass is 19.1. The standard InChI is InChI=1S/C30H39FN2O4/c1-4-7-18-32(19-8-5-2)20-9-21-33-27(22-12-16-25(17-13-22)37-6-3)26(29(35)30(33)36)28(34)23-10-14-24(31)15-11-23/h10-17,27,34H,4-9,18-21H2,1-3H3/b28-26-. The molecule has 0 radical (unpaired) electrons. The Morgan fingerprint density at radius 2 is 1.51 bits per heavy atom. The van der Waals surface area contributed by atoms with Crippen LogP contribution in [0.2, 0.25) is 0 Å². The smallest absolute Gasteiger partial charge is 0.295 e. The van der Waals surface area contributed by atoms with Gasteiger partial charge in [-0.2, -0.15) is 0 Å². The van der Waals surface area contributed by atoms with Crippen LogP contribution in [0.1, 0.15) is 70.0 Å². The van der Waals surface area contributed by atoms with Gasteiger partial charge in [-0.3, -0.25) is 9.59 Å². The minimum atomic E-state index is -0.736. The van der Waals surface area contributed by atoms with Gasteiger partial charge in [0.25, 0.3) is 11.7 Å². The number of aliphatic hydroxyl groups excluding tert-OH is 1. The Balaban J connectivity index is 1.92. The van der Waals surface area contributed by atoms with Crippen molar-refractivity contribution in [2.24, 2.45) is 0 Å². The van der Waals surface area contributed by atoms with Crippen molar-refractivity contribution in [1.82, 2.24) is 9.80 Å². The molecule has 7 heteroatoms. The summed E-state index contributed by atoms with van der Waals surface area (Å²) in [4.78, 5) is 30.4. The van der Waals surface area contributed by atoms with E-state index in [1.807, 2.05) is 19.1 Å². The summed E-state index contributed by atoms with van der Waals surface area (Å²) >= 11 is 0. The molecule has 1 heterocycles. The van der Waals surface area contributed by atoms with E-state index in [9.17, 15) is 19.1 Å². The second kappa shape index (κ2) is 13.9. The van der Waals surface area contributed by atoms with Crippen molar-refractivity contribution in [3.63, 3.8) is 0 Å². The Kier molecular flexibility index (Phi) is 10.7. The summed E-state index contributed by atoms with van der Waals surface area (Å²) in [6.07, 6.45) is 5.21. The molecule has 1 aliphatic rings. The first-order chi connectivity index (χ1) is 17.9. The van der Waals surface area contributed by atoms with Gasteiger partial charge in [0, 0.05) is 12.1 Å². The second-order valence-corrected chi connectivity index (χ2v) is 9.40. The van der Waals surface area contributed by atoms with Gasteiger partial charge < -0.3 is 19.6 Å². The molecule has 1 amide bonds. The fraction of sp³-hybridized carbons (Fsp3) is 0.467. The molecule has 1 unspecified atom stereocenters. The maximum absolute atomic E-state index is 13.5. The molecule has 6 nitrogen and oxygen atoms in total. The van der Waals surface area contributed by atoms with Crippen molar-refractivity contribution < 1.29 is 23.8 Å². The second-order valence-electron chi connectivity index (χ2n) is 9.40. The Morgan fingerprint density at radius 3 is 2.08 bits per heavy atom. The Labute approximate surface area is 219 Å². The summed E-state index contributed by atoms with van der Waals surface area (Å²) in [6, 6.07) is 11.8. The third-order valence-electron chi connectivity index (χ3n) is 6.69. The van der Waals surface area contributed by atoms with E-state index in [4.69, 9.17) is 4.74 Å². The first-order valence-electron chi connectivity index (χ1n) is 13.4. The monoisotopic (exact) mass is 510 g/mol. The molecule has 1 atom stereocenters. The number of halogens is 1. The number of unbranched alkanes of at least 4 members (excludes halogenated alkanes) is 2. The fourth-order valence-corrected chi connectivity index (χ4v) is 4.70. The molecule has 1 fully saturated rings. The van der Waals surface area contributed by atoms with Gasteiger partial charge in [-0.1, -0.05) is 38.8 Å². The van der Waals surface area contributed by atoms with Crippen molar-refractivity contribution in [2.75, 3.05) is 32.8 Å². The minimum Gasteiger partial charge on any atom is -0.507 e. The average Bonchev–Trinajstić information content (AvgIpc) is 3.15. The first kappa shape index (κ1) is 28.4. The zero-order chi connectivity index (χ0) is 26.8. The molecule has 0 bridgehead atoms. The van der Waals surface area contributed by atoms with Crippen LogP contribution in [-0.2, 0) is 9.59 Å². The molecular weight excluding hydrogens is 471 g/mol. The van der Waals surface area contributed by atoms with Crippen LogP contribution in [0.3, 0.4) is 0 Å². The van der Waals surface area contributed by atoms with Gasteiger partial charge in [0.1, 0.15) is 17.3 Å². The van der Waals surface area contributed by atoms with Crippen molar-refractivity contribution in [1.29, 1.82) is 0 Å². The molecule has 3 rings (SSSR count). The van der Waals surface area contributed by atoms with Crippen LogP contribution >= 0.6 is 0 Å². The molecule has 1 aliphatic heterocycles. The number of hydrogen-bond donors (Lipinski definition) is 1. The van der Waals surface area contributed by atoms with E-state index in [1.165, 1.54) is 24.3 Å². The largest absolute Gasteiger partial charge is 0.507 e. The van der Waals surface area contributed by atoms with Gasteiger partial charge in [0.05, 0.1) is 18.2 Å². The summed E-state index contributed by atoms with van der Waals surface area (Å²) in [5.41, 5.74) is 1.02. The van der Waals surface area contributed by atoms with Crippen LogP contribution < -0.4 is 4.74 Å². The first-order valence-corrected chi connectivity index (χ1v) is 13.4. The lowest BCUT2D eigenvalue weighted by Crippen LogP contribution is -2.34. The Morgan fingerprint density at radius 1 is 0.919 bits per heavy atom. The number of nitrogens with zero attached hydrogens (tertiary/aromatic N) is 2.